The Kier molecular flexibility index (Phi) is 3.42. The number of aromatic nitrogens is 2. The van der Waals surface area contributed by atoms with Crippen LogP contribution in [-0.4, -0.2) is 33.0 Å². The van der Waals surface area contributed by atoms with E-state index in [1.54, 1.807) is 0 Å². The fraction of sp³-hybridized carbons (Fsp3) is 0.583. The molecule has 0 spiro atoms. The summed E-state index contributed by atoms with van der Waals surface area (Å²) in [5.41, 5.74) is 5.39. The molecule has 0 saturated carbocycles. The number of hydrazine groups is 1. The summed E-state index contributed by atoms with van der Waals surface area (Å²) < 4.78 is 0. The third kappa shape index (κ3) is 2.45. The molecule has 2 N–H and O–H groups in total. The molecule has 102 valence electrons. The number of carbonyl (C=O) groups is 1. The van der Waals surface area contributed by atoms with Crippen molar-refractivity contribution in [1.82, 2.24) is 20.3 Å². The molecule has 0 aliphatic carbocycles. The van der Waals surface area contributed by atoms with Gasteiger partial charge in [0.05, 0.1) is 0 Å². The SMILES string of the molecule is O=C(NNc1nccnc1Cl)N1C2CCCC1CC2. The maximum atomic E-state index is 12.2. The second-order valence-corrected chi connectivity index (χ2v) is 5.33. The number of piperidine rings is 1. The summed E-state index contributed by atoms with van der Waals surface area (Å²) in [6.07, 6.45) is 8.69. The van der Waals surface area contributed by atoms with Gasteiger partial charge in [-0.3, -0.25) is 10.9 Å². The van der Waals surface area contributed by atoms with Crippen LogP contribution in [-0.2, 0) is 0 Å². The third-order valence-corrected chi connectivity index (χ3v) is 4.15. The molecule has 1 aromatic rings. The Bertz CT molecular complexity index is 467. The second kappa shape index (κ2) is 5.21. The van der Waals surface area contributed by atoms with E-state index >= 15 is 0 Å². The third-order valence-electron chi connectivity index (χ3n) is 3.87. The first-order valence-electron chi connectivity index (χ1n) is 6.56. The van der Waals surface area contributed by atoms with Crippen LogP contribution < -0.4 is 10.9 Å². The van der Waals surface area contributed by atoms with Gasteiger partial charge in [0, 0.05) is 24.5 Å². The summed E-state index contributed by atoms with van der Waals surface area (Å²) in [7, 11) is 0. The molecule has 1 aromatic heterocycles. The Hall–Kier alpha value is -1.56. The van der Waals surface area contributed by atoms with Crippen LogP contribution in [0.25, 0.3) is 0 Å². The van der Waals surface area contributed by atoms with E-state index in [-0.39, 0.29) is 11.2 Å². The van der Waals surface area contributed by atoms with Crippen LogP contribution in [0.5, 0.6) is 0 Å². The number of hydrogen-bond acceptors (Lipinski definition) is 4. The zero-order valence-corrected chi connectivity index (χ0v) is 11.2. The van der Waals surface area contributed by atoms with E-state index in [1.165, 1.54) is 18.8 Å². The summed E-state index contributed by atoms with van der Waals surface area (Å²) in [6.45, 7) is 0. The van der Waals surface area contributed by atoms with Gasteiger partial charge in [0.15, 0.2) is 11.0 Å². The Balaban J connectivity index is 1.62. The van der Waals surface area contributed by atoms with E-state index in [1.807, 2.05) is 4.90 Å². The molecule has 3 heterocycles. The fourth-order valence-corrected chi connectivity index (χ4v) is 3.18. The smallest absolute Gasteiger partial charge is 0.317 e. The number of halogens is 1. The molecular formula is C12H16ClN5O. The number of carbonyl (C=O) groups excluding carboxylic acids is 1. The molecule has 19 heavy (non-hydrogen) atoms. The number of amides is 2. The number of anilines is 1. The first-order chi connectivity index (χ1) is 9.25. The fourth-order valence-electron chi connectivity index (χ4n) is 3.03. The molecule has 2 amide bonds. The lowest BCUT2D eigenvalue weighted by atomic mass is 10.0. The van der Waals surface area contributed by atoms with Gasteiger partial charge in [0.1, 0.15) is 0 Å². The van der Waals surface area contributed by atoms with Crippen LogP contribution in [0.2, 0.25) is 5.15 Å². The molecule has 7 heteroatoms. The topological polar surface area (TPSA) is 70.1 Å². The highest BCUT2D eigenvalue weighted by molar-refractivity contribution is 6.31. The van der Waals surface area contributed by atoms with Crippen molar-refractivity contribution >= 4 is 23.4 Å². The van der Waals surface area contributed by atoms with Gasteiger partial charge in [-0.25, -0.2) is 14.8 Å². The molecule has 2 aliphatic rings. The van der Waals surface area contributed by atoms with Crippen molar-refractivity contribution in [2.45, 2.75) is 44.2 Å². The van der Waals surface area contributed by atoms with E-state index in [0.717, 1.165) is 25.7 Å². The van der Waals surface area contributed by atoms with Crippen molar-refractivity contribution in [1.29, 1.82) is 0 Å². The van der Waals surface area contributed by atoms with Gasteiger partial charge >= 0.3 is 6.03 Å². The lowest BCUT2D eigenvalue weighted by Gasteiger charge is -2.34. The van der Waals surface area contributed by atoms with E-state index in [0.29, 0.717) is 17.9 Å². The first kappa shape index (κ1) is 12.5. The van der Waals surface area contributed by atoms with Gasteiger partial charge in [-0.2, -0.15) is 0 Å². The molecule has 0 radical (unpaired) electrons. The number of urea groups is 1. The predicted octanol–water partition coefficient (Wildman–Crippen LogP) is 2.18. The van der Waals surface area contributed by atoms with Gasteiger partial charge in [0.2, 0.25) is 0 Å². The monoisotopic (exact) mass is 281 g/mol. The van der Waals surface area contributed by atoms with Crippen molar-refractivity contribution in [3.8, 4) is 0 Å². The van der Waals surface area contributed by atoms with E-state index in [4.69, 9.17) is 11.6 Å². The predicted molar refractivity (Wildman–Crippen MR) is 71.7 cm³/mol. The molecule has 6 nitrogen and oxygen atoms in total. The van der Waals surface area contributed by atoms with Crippen molar-refractivity contribution in [2.75, 3.05) is 5.43 Å². The minimum Gasteiger partial charge on any atom is -0.317 e. The summed E-state index contributed by atoms with van der Waals surface area (Å²) in [5.74, 6) is 0.363. The Morgan fingerprint density at radius 3 is 2.58 bits per heavy atom. The largest absolute Gasteiger partial charge is 0.336 e. The Morgan fingerprint density at radius 1 is 1.21 bits per heavy atom. The summed E-state index contributed by atoms with van der Waals surface area (Å²) in [4.78, 5) is 22.1. The Morgan fingerprint density at radius 2 is 1.89 bits per heavy atom. The van der Waals surface area contributed by atoms with Crippen LogP contribution in [0.1, 0.15) is 32.1 Å². The number of fused-ring (bicyclic) bond motifs is 2. The molecular weight excluding hydrogens is 266 g/mol. The molecule has 3 rings (SSSR count). The summed E-state index contributed by atoms with van der Waals surface area (Å²) >= 11 is 5.86. The molecule has 2 atom stereocenters. The van der Waals surface area contributed by atoms with Crippen LogP contribution in [0.3, 0.4) is 0 Å². The Labute approximate surface area is 116 Å². The minimum atomic E-state index is -0.103. The maximum absolute atomic E-state index is 12.2. The number of nitrogens with one attached hydrogen (secondary N) is 2. The standard InChI is InChI=1S/C12H16ClN5O/c13-10-11(15-7-6-14-10)16-17-12(19)18-8-2-1-3-9(18)5-4-8/h6-9H,1-5H2,(H,15,16)(H,17,19). The zero-order chi connectivity index (χ0) is 13.2. The number of nitrogens with zero attached hydrogens (tertiary/aromatic N) is 3. The van der Waals surface area contributed by atoms with Gasteiger partial charge in [-0.1, -0.05) is 11.6 Å². The van der Waals surface area contributed by atoms with Crippen LogP contribution >= 0.6 is 11.6 Å². The maximum Gasteiger partial charge on any atom is 0.336 e. The van der Waals surface area contributed by atoms with E-state index in [9.17, 15) is 4.79 Å². The van der Waals surface area contributed by atoms with Crippen molar-refractivity contribution in [3.63, 3.8) is 0 Å². The molecule has 0 aromatic carbocycles. The molecule has 2 aliphatic heterocycles. The second-order valence-electron chi connectivity index (χ2n) is 4.97. The van der Waals surface area contributed by atoms with Gasteiger partial charge in [-0.15, -0.1) is 0 Å². The lowest BCUT2D eigenvalue weighted by molar-refractivity contribution is 0.148. The zero-order valence-electron chi connectivity index (χ0n) is 10.5. The van der Waals surface area contributed by atoms with Crippen LogP contribution in [0, 0.1) is 0 Å². The first-order valence-corrected chi connectivity index (χ1v) is 6.94. The molecule has 2 unspecified atom stereocenters. The van der Waals surface area contributed by atoms with E-state index < -0.39 is 0 Å². The average Bonchev–Trinajstić information content (AvgIpc) is 2.67. The van der Waals surface area contributed by atoms with E-state index in [2.05, 4.69) is 20.8 Å². The number of rotatable bonds is 2. The minimum absolute atomic E-state index is 0.103. The highest BCUT2D eigenvalue weighted by Gasteiger charge is 2.39. The molecule has 2 fully saturated rings. The molecule has 2 bridgehead atoms. The highest BCUT2D eigenvalue weighted by atomic mass is 35.5. The average molecular weight is 282 g/mol. The summed E-state index contributed by atoms with van der Waals surface area (Å²) in [5, 5.41) is 0.240. The molecule has 2 saturated heterocycles. The van der Waals surface area contributed by atoms with Crippen molar-refractivity contribution in [3.05, 3.63) is 17.5 Å². The lowest BCUT2D eigenvalue weighted by Crippen LogP contribution is -2.50. The van der Waals surface area contributed by atoms with Crippen molar-refractivity contribution in [2.24, 2.45) is 0 Å². The highest BCUT2D eigenvalue weighted by Crippen LogP contribution is 2.35. The van der Waals surface area contributed by atoms with Gasteiger partial charge in [0.25, 0.3) is 0 Å². The van der Waals surface area contributed by atoms with Gasteiger partial charge < -0.3 is 4.90 Å². The van der Waals surface area contributed by atoms with Crippen LogP contribution in [0.15, 0.2) is 12.4 Å². The number of hydrogen-bond donors (Lipinski definition) is 2. The quantitative estimate of drug-likeness (QED) is 0.815. The normalized spacial score (nSPS) is 25.2. The summed E-state index contributed by atoms with van der Waals surface area (Å²) in [6, 6.07) is 0.671. The van der Waals surface area contributed by atoms with Crippen molar-refractivity contribution < 1.29 is 4.79 Å². The van der Waals surface area contributed by atoms with Gasteiger partial charge in [-0.05, 0) is 32.1 Å². The van der Waals surface area contributed by atoms with Crippen LogP contribution in [0.4, 0.5) is 10.6 Å².